The van der Waals surface area contributed by atoms with Gasteiger partial charge in [-0.2, -0.15) is 0 Å². The van der Waals surface area contributed by atoms with Crippen molar-refractivity contribution < 1.29 is 9.53 Å². The van der Waals surface area contributed by atoms with Gasteiger partial charge in [0.2, 0.25) is 5.91 Å². The van der Waals surface area contributed by atoms with Gasteiger partial charge in [0, 0.05) is 5.92 Å². The Kier molecular flexibility index (Phi) is 5.65. The zero-order chi connectivity index (χ0) is 13.5. The molecule has 0 saturated carbocycles. The fourth-order valence-corrected chi connectivity index (χ4v) is 1.71. The van der Waals surface area contributed by atoms with Gasteiger partial charge in [-0.15, -0.1) is 0 Å². The van der Waals surface area contributed by atoms with Gasteiger partial charge in [0.25, 0.3) is 0 Å². The SMILES string of the molecule is COc1cc(C)ccc1NC(=O)C(C)CCCN. The fraction of sp³-hybridized carbons (Fsp3) is 0.500. The van der Waals surface area contributed by atoms with E-state index in [0.717, 1.165) is 18.4 Å². The van der Waals surface area contributed by atoms with E-state index in [-0.39, 0.29) is 11.8 Å². The Hall–Kier alpha value is -1.55. The Morgan fingerprint density at radius 3 is 2.83 bits per heavy atom. The van der Waals surface area contributed by atoms with E-state index in [0.29, 0.717) is 18.0 Å². The van der Waals surface area contributed by atoms with E-state index >= 15 is 0 Å². The van der Waals surface area contributed by atoms with E-state index in [1.807, 2.05) is 32.0 Å². The molecule has 1 atom stereocenters. The molecule has 0 radical (unpaired) electrons. The number of anilines is 1. The Morgan fingerprint density at radius 1 is 1.50 bits per heavy atom. The zero-order valence-electron chi connectivity index (χ0n) is 11.3. The lowest BCUT2D eigenvalue weighted by molar-refractivity contribution is -0.119. The average Bonchev–Trinajstić information content (AvgIpc) is 2.37. The van der Waals surface area contributed by atoms with Crippen LogP contribution in [0.4, 0.5) is 5.69 Å². The van der Waals surface area contributed by atoms with Crippen molar-refractivity contribution in [3.63, 3.8) is 0 Å². The monoisotopic (exact) mass is 250 g/mol. The molecule has 0 aromatic heterocycles. The fourth-order valence-electron chi connectivity index (χ4n) is 1.71. The van der Waals surface area contributed by atoms with Crippen LogP contribution in [0.1, 0.15) is 25.3 Å². The number of nitrogens with two attached hydrogens (primary N) is 1. The molecular formula is C14H22N2O2. The molecule has 18 heavy (non-hydrogen) atoms. The third-order valence-corrected chi connectivity index (χ3v) is 2.90. The van der Waals surface area contributed by atoms with E-state index in [9.17, 15) is 4.79 Å². The molecule has 0 spiro atoms. The first-order valence-corrected chi connectivity index (χ1v) is 6.24. The van der Waals surface area contributed by atoms with Gasteiger partial charge in [0.05, 0.1) is 12.8 Å². The maximum Gasteiger partial charge on any atom is 0.227 e. The highest BCUT2D eigenvalue weighted by atomic mass is 16.5. The van der Waals surface area contributed by atoms with Crippen molar-refractivity contribution in [2.24, 2.45) is 11.7 Å². The summed E-state index contributed by atoms with van der Waals surface area (Å²) >= 11 is 0. The van der Waals surface area contributed by atoms with Crippen LogP contribution in [0.3, 0.4) is 0 Å². The molecule has 3 N–H and O–H groups in total. The quantitative estimate of drug-likeness (QED) is 0.814. The number of methoxy groups -OCH3 is 1. The third kappa shape index (κ3) is 4.04. The van der Waals surface area contributed by atoms with Crippen LogP contribution < -0.4 is 15.8 Å². The Labute approximate surface area is 109 Å². The van der Waals surface area contributed by atoms with Crippen LogP contribution in [0.5, 0.6) is 5.75 Å². The van der Waals surface area contributed by atoms with Crippen molar-refractivity contribution in [1.82, 2.24) is 0 Å². The Morgan fingerprint density at radius 2 is 2.22 bits per heavy atom. The van der Waals surface area contributed by atoms with Crippen molar-refractivity contribution in [1.29, 1.82) is 0 Å². The Balaban J connectivity index is 2.69. The topological polar surface area (TPSA) is 64.3 Å². The molecule has 0 heterocycles. The molecule has 0 fully saturated rings. The summed E-state index contributed by atoms with van der Waals surface area (Å²) in [4.78, 5) is 12.0. The predicted molar refractivity (Wildman–Crippen MR) is 73.8 cm³/mol. The number of carbonyl (C=O) groups is 1. The minimum atomic E-state index is -0.0421. The van der Waals surface area contributed by atoms with Crippen molar-refractivity contribution in [3.05, 3.63) is 23.8 Å². The van der Waals surface area contributed by atoms with Crippen LogP contribution in [0.2, 0.25) is 0 Å². The summed E-state index contributed by atoms with van der Waals surface area (Å²) in [6.45, 7) is 4.51. The molecule has 0 aliphatic heterocycles. The van der Waals surface area contributed by atoms with Crippen LogP contribution in [-0.4, -0.2) is 19.6 Å². The first-order valence-electron chi connectivity index (χ1n) is 6.24. The number of hydrogen-bond donors (Lipinski definition) is 2. The molecular weight excluding hydrogens is 228 g/mol. The summed E-state index contributed by atoms with van der Waals surface area (Å²) in [6, 6.07) is 5.71. The first kappa shape index (κ1) is 14.5. The maximum absolute atomic E-state index is 12.0. The molecule has 4 heteroatoms. The largest absolute Gasteiger partial charge is 0.495 e. The number of benzene rings is 1. The molecule has 0 saturated heterocycles. The molecule has 1 aromatic carbocycles. The molecule has 1 amide bonds. The number of ether oxygens (including phenoxy) is 1. The number of hydrogen-bond acceptors (Lipinski definition) is 3. The molecule has 0 aliphatic carbocycles. The molecule has 4 nitrogen and oxygen atoms in total. The number of amides is 1. The van der Waals surface area contributed by atoms with Gasteiger partial charge >= 0.3 is 0 Å². The van der Waals surface area contributed by atoms with Crippen molar-refractivity contribution in [2.75, 3.05) is 19.0 Å². The summed E-state index contributed by atoms with van der Waals surface area (Å²) < 4.78 is 5.25. The molecule has 0 bridgehead atoms. The second-order valence-corrected chi connectivity index (χ2v) is 4.52. The van der Waals surface area contributed by atoms with E-state index in [4.69, 9.17) is 10.5 Å². The maximum atomic E-state index is 12.0. The normalized spacial score (nSPS) is 12.0. The average molecular weight is 250 g/mol. The van der Waals surface area contributed by atoms with Gasteiger partial charge in [0.15, 0.2) is 0 Å². The second kappa shape index (κ2) is 7.01. The molecule has 1 unspecified atom stereocenters. The van der Waals surface area contributed by atoms with Crippen molar-refractivity contribution in [2.45, 2.75) is 26.7 Å². The minimum absolute atomic E-state index is 0.00519. The van der Waals surface area contributed by atoms with Gasteiger partial charge in [-0.05, 0) is 44.0 Å². The lowest BCUT2D eigenvalue weighted by atomic mass is 10.0. The summed E-state index contributed by atoms with van der Waals surface area (Å²) in [6.07, 6.45) is 1.66. The van der Waals surface area contributed by atoms with Gasteiger partial charge in [0.1, 0.15) is 5.75 Å². The van der Waals surface area contributed by atoms with E-state index in [1.165, 1.54) is 0 Å². The second-order valence-electron chi connectivity index (χ2n) is 4.52. The number of nitrogens with one attached hydrogen (secondary N) is 1. The third-order valence-electron chi connectivity index (χ3n) is 2.90. The summed E-state index contributed by atoms with van der Waals surface area (Å²) in [7, 11) is 1.60. The lowest BCUT2D eigenvalue weighted by Crippen LogP contribution is -2.21. The molecule has 100 valence electrons. The van der Waals surface area contributed by atoms with Crippen LogP contribution in [-0.2, 0) is 4.79 Å². The highest BCUT2D eigenvalue weighted by Crippen LogP contribution is 2.26. The van der Waals surface area contributed by atoms with E-state index in [2.05, 4.69) is 5.32 Å². The van der Waals surface area contributed by atoms with E-state index < -0.39 is 0 Å². The van der Waals surface area contributed by atoms with Crippen LogP contribution >= 0.6 is 0 Å². The van der Waals surface area contributed by atoms with E-state index in [1.54, 1.807) is 7.11 Å². The lowest BCUT2D eigenvalue weighted by Gasteiger charge is -2.14. The van der Waals surface area contributed by atoms with Crippen LogP contribution in [0.15, 0.2) is 18.2 Å². The molecule has 0 aliphatic rings. The summed E-state index contributed by atoms with van der Waals surface area (Å²) in [5.41, 5.74) is 7.25. The van der Waals surface area contributed by atoms with Crippen molar-refractivity contribution >= 4 is 11.6 Å². The van der Waals surface area contributed by atoms with Crippen LogP contribution in [0, 0.1) is 12.8 Å². The Bertz CT molecular complexity index is 405. The molecule has 1 rings (SSSR count). The number of carbonyl (C=O) groups excluding carboxylic acids is 1. The molecule has 1 aromatic rings. The standard InChI is InChI=1S/C14H22N2O2/c1-10-6-7-12(13(9-10)18-3)16-14(17)11(2)5-4-8-15/h6-7,9,11H,4-5,8,15H2,1-3H3,(H,16,17). The smallest absolute Gasteiger partial charge is 0.227 e. The highest BCUT2D eigenvalue weighted by Gasteiger charge is 2.14. The van der Waals surface area contributed by atoms with Gasteiger partial charge in [-0.3, -0.25) is 4.79 Å². The summed E-state index contributed by atoms with van der Waals surface area (Å²) in [5, 5.41) is 2.89. The van der Waals surface area contributed by atoms with Crippen molar-refractivity contribution in [3.8, 4) is 5.75 Å². The van der Waals surface area contributed by atoms with Crippen LogP contribution in [0.25, 0.3) is 0 Å². The van der Waals surface area contributed by atoms with Gasteiger partial charge in [-0.25, -0.2) is 0 Å². The van der Waals surface area contributed by atoms with Gasteiger partial charge in [-0.1, -0.05) is 13.0 Å². The number of aryl methyl sites for hydroxylation is 1. The minimum Gasteiger partial charge on any atom is -0.495 e. The highest BCUT2D eigenvalue weighted by molar-refractivity contribution is 5.93. The van der Waals surface area contributed by atoms with Gasteiger partial charge < -0.3 is 15.8 Å². The predicted octanol–water partition coefficient (Wildman–Crippen LogP) is 2.32. The summed E-state index contributed by atoms with van der Waals surface area (Å²) in [5.74, 6) is 0.652. The first-order chi connectivity index (χ1) is 8.58. The zero-order valence-corrected chi connectivity index (χ0v) is 11.3. The number of rotatable bonds is 6.